The maximum atomic E-state index is 4.17. The van der Waals surface area contributed by atoms with Crippen molar-refractivity contribution in [2.24, 2.45) is 7.05 Å². The molecule has 0 saturated carbocycles. The molecule has 86 valence electrons. The summed E-state index contributed by atoms with van der Waals surface area (Å²) in [5.74, 6) is 0. The van der Waals surface area contributed by atoms with Gasteiger partial charge in [0.25, 0.3) is 0 Å². The lowest BCUT2D eigenvalue weighted by atomic mass is 10.2. The van der Waals surface area contributed by atoms with Crippen molar-refractivity contribution in [1.82, 2.24) is 15.1 Å². The van der Waals surface area contributed by atoms with Crippen molar-refractivity contribution < 1.29 is 0 Å². The minimum absolute atomic E-state index is 0.368. The lowest BCUT2D eigenvalue weighted by Gasteiger charge is -2.11. The van der Waals surface area contributed by atoms with Crippen LogP contribution in [-0.4, -0.2) is 16.3 Å². The fourth-order valence-electron chi connectivity index (χ4n) is 1.65. The Hall–Kier alpha value is -1.13. The van der Waals surface area contributed by atoms with Gasteiger partial charge in [-0.15, -0.1) is 0 Å². The number of rotatable bonds is 5. The predicted octanol–water partition coefficient (Wildman–Crippen LogP) is 2.37. The first-order chi connectivity index (χ1) is 7.75. The van der Waals surface area contributed by atoms with Gasteiger partial charge < -0.3 is 5.32 Å². The van der Waals surface area contributed by atoms with Crippen LogP contribution in [0.1, 0.15) is 24.1 Å². The number of thiophene rings is 1. The Kier molecular flexibility index (Phi) is 3.74. The van der Waals surface area contributed by atoms with E-state index in [4.69, 9.17) is 0 Å². The number of nitrogens with one attached hydrogen (secondary N) is 1. The molecule has 2 aromatic rings. The van der Waals surface area contributed by atoms with E-state index < -0.39 is 0 Å². The van der Waals surface area contributed by atoms with Crippen molar-refractivity contribution >= 4 is 11.3 Å². The second kappa shape index (κ2) is 5.27. The van der Waals surface area contributed by atoms with Crippen LogP contribution in [-0.2, 0) is 13.5 Å². The fraction of sp³-hybridized carbons (Fsp3) is 0.417. The Morgan fingerprint density at radius 2 is 2.44 bits per heavy atom. The number of hydrogen-bond donors (Lipinski definition) is 1. The second-order valence-electron chi connectivity index (χ2n) is 4.00. The summed E-state index contributed by atoms with van der Waals surface area (Å²) in [6.07, 6.45) is 5.07. The smallest absolute Gasteiger partial charge is 0.0537 e. The van der Waals surface area contributed by atoms with E-state index in [-0.39, 0.29) is 0 Å². The van der Waals surface area contributed by atoms with Gasteiger partial charge in [-0.3, -0.25) is 4.68 Å². The minimum atomic E-state index is 0.368. The molecule has 1 atom stereocenters. The van der Waals surface area contributed by atoms with Gasteiger partial charge in [-0.05, 0) is 42.3 Å². The maximum absolute atomic E-state index is 4.17. The highest BCUT2D eigenvalue weighted by Crippen LogP contribution is 2.11. The van der Waals surface area contributed by atoms with Crippen LogP contribution >= 0.6 is 11.3 Å². The topological polar surface area (TPSA) is 29.9 Å². The molecule has 0 aliphatic carbocycles. The van der Waals surface area contributed by atoms with E-state index in [1.807, 2.05) is 17.9 Å². The zero-order valence-corrected chi connectivity index (χ0v) is 10.5. The Labute approximate surface area is 100 Å². The van der Waals surface area contributed by atoms with Crippen LogP contribution < -0.4 is 5.32 Å². The van der Waals surface area contributed by atoms with Crippen LogP contribution in [0.5, 0.6) is 0 Å². The second-order valence-corrected chi connectivity index (χ2v) is 4.78. The molecule has 2 aromatic heterocycles. The predicted molar refractivity (Wildman–Crippen MR) is 67.6 cm³/mol. The Balaban J connectivity index is 1.78. The molecule has 0 saturated heterocycles. The molecule has 2 heterocycles. The van der Waals surface area contributed by atoms with Crippen molar-refractivity contribution in [3.05, 3.63) is 40.3 Å². The minimum Gasteiger partial charge on any atom is -0.310 e. The molecule has 0 spiro atoms. The average Bonchev–Trinajstić information content (AvgIpc) is 2.89. The number of nitrogens with zero attached hydrogens (tertiary/aromatic N) is 2. The van der Waals surface area contributed by atoms with Crippen LogP contribution in [0.15, 0.2) is 29.2 Å². The molecule has 0 fully saturated rings. The summed E-state index contributed by atoms with van der Waals surface area (Å²) in [4.78, 5) is 0. The zero-order valence-electron chi connectivity index (χ0n) is 9.68. The molecule has 0 aliphatic heterocycles. The highest BCUT2D eigenvalue weighted by molar-refractivity contribution is 7.07. The van der Waals surface area contributed by atoms with E-state index >= 15 is 0 Å². The molecule has 1 unspecified atom stereocenters. The monoisotopic (exact) mass is 235 g/mol. The summed E-state index contributed by atoms with van der Waals surface area (Å²) < 4.78 is 1.84. The third-order valence-electron chi connectivity index (χ3n) is 2.67. The third-order valence-corrected chi connectivity index (χ3v) is 3.40. The summed E-state index contributed by atoms with van der Waals surface area (Å²) >= 11 is 1.76. The molecule has 0 amide bonds. The van der Waals surface area contributed by atoms with Crippen LogP contribution in [0.4, 0.5) is 0 Å². The Morgan fingerprint density at radius 1 is 1.56 bits per heavy atom. The number of aromatic nitrogens is 2. The Bertz CT molecular complexity index is 419. The molecule has 2 rings (SSSR count). The van der Waals surface area contributed by atoms with E-state index in [1.165, 1.54) is 11.1 Å². The van der Waals surface area contributed by atoms with E-state index in [1.54, 1.807) is 11.3 Å². The van der Waals surface area contributed by atoms with Crippen molar-refractivity contribution in [2.45, 2.75) is 19.4 Å². The highest BCUT2D eigenvalue weighted by Gasteiger charge is 2.06. The molecular weight excluding hydrogens is 218 g/mol. The van der Waals surface area contributed by atoms with Crippen LogP contribution in [0, 0.1) is 0 Å². The van der Waals surface area contributed by atoms with Gasteiger partial charge in [-0.1, -0.05) is 0 Å². The quantitative estimate of drug-likeness (QED) is 0.862. The number of hydrogen-bond acceptors (Lipinski definition) is 3. The van der Waals surface area contributed by atoms with Crippen LogP contribution in [0.3, 0.4) is 0 Å². The zero-order chi connectivity index (χ0) is 11.4. The normalized spacial score (nSPS) is 12.9. The lowest BCUT2D eigenvalue weighted by Crippen LogP contribution is -2.20. The van der Waals surface area contributed by atoms with Crippen molar-refractivity contribution in [3.63, 3.8) is 0 Å². The fourth-order valence-corrected chi connectivity index (χ4v) is 2.35. The van der Waals surface area contributed by atoms with Gasteiger partial charge in [0.2, 0.25) is 0 Å². The van der Waals surface area contributed by atoms with Crippen molar-refractivity contribution in [1.29, 1.82) is 0 Å². The van der Waals surface area contributed by atoms with E-state index in [9.17, 15) is 0 Å². The summed E-state index contributed by atoms with van der Waals surface area (Å²) in [6, 6.07) is 2.55. The van der Waals surface area contributed by atoms with Crippen LogP contribution in [0.2, 0.25) is 0 Å². The van der Waals surface area contributed by atoms with E-state index in [0.717, 1.165) is 13.0 Å². The van der Waals surface area contributed by atoms with E-state index in [2.05, 4.69) is 40.4 Å². The van der Waals surface area contributed by atoms with Gasteiger partial charge in [0, 0.05) is 24.8 Å². The number of aryl methyl sites for hydroxylation is 1. The Morgan fingerprint density at radius 3 is 3.06 bits per heavy atom. The average molecular weight is 235 g/mol. The third kappa shape index (κ3) is 2.93. The molecule has 0 aliphatic rings. The maximum Gasteiger partial charge on any atom is 0.0537 e. The van der Waals surface area contributed by atoms with Crippen molar-refractivity contribution in [3.8, 4) is 0 Å². The highest BCUT2D eigenvalue weighted by atomic mass is 32.1. The summed E-state index contributed by atoms with van der Waals surface area (Å²) in [7, 11) is 1.95. The van der Waals surface area contributed by atoms with Gasteiger partial charge >= 0.3 is 0 Å². The first kappa shape index (κ1) is 11.4. The summed E-state index contributed by atoms with van der Waals surface area (Å²) in [6.45, 7) is 3.18. The molecule has 0 bridgehead atoms. The largest absolute Gasteiger partial charge is 0.310 e. The molecule has 0 radical (unpaired) electrons. The molecular formula is C12H17N3S. The van der Waals surface area contributed by atoms with Gasteiger partial charge in [0.05, 0.1) is 6.20 Å². The SMILES string of the molecule is CC(NCCc1ccsc1)c1cnn(C)c1. The molecule has 3 nitrogen and oxygen atoms in total. The lowest BCUT2D eigenvalue weighted by molar-refractivity contribution is 0.576. The molecule has 16 heavy (non-hydrogen) atoms. The van der Waals surface area contributed by atoms with Gasteiger partial charge in [-0.25, -0.2) is 0 Å². The first-order valence-corrected chi connectivity index (χ1v) is 6.43. The molecule has 0 aromatic carbocycles. The summed E-state index contributed by atoms with van der Waals surface area (Å²) in [5, 5.41) is 12.0. The standard InChI is InChI=1S/C12H17N3S/c1-10(12-7-14-15(2)8-12)13-5-3-11-4-6-16-9-11/h4,6-10,13H,3,5H2,1-2H3. The first-order valence-electron chi connectivity index (χ1n) is 5.48. The van der Waals surface area contributed by atoms with Crippen molar-refractivity contribution in [2.75, 3.05) is 6.54 Å². The molecule has 1 N–H and O–H groups in total. The van der Waals surface area contributed by atoms with Gasteiger partial charge in [-0.2, -0.15) is 16.4 Å². The van der Waals surface area contributed by atoms with Gasteiger partial charge in [0.1, 0.15) is 0 Å². The van der Waals surface area contributed by atoms with E-state index in [0.29, 0.717) is 6.04 Å². The van der Waals surface area contributed by atoms with Gasteiger partial charge in [0.15, 0.2) is 0 Å². The van der Waals surface area contributed by atoms with Crippen LogP contribution in [0.25, 0.3) is 0 Å². The molecule has 4 heteroatoms. The summed E-state index contributed by atoms with van der Waals surface area (Å²) in [5.41, 5.74) is 2.66.